The first-order valence-corrected chi connectivity index (χ1v) is 13.0. The van der Waals surface area contributed by atoms with Crippen LogP contribution in [0.1, 0.15) is 73.6 Å². The first-order chi connectivity index (χ1) is 15.1. The first-order valence-electron chi connectivity index (χ1n) is 12.2. The van der Waals surface area contributed by atoms with Crippen LogP contribution in [-0.4, -0.2) is 68.6 Å². The molecule has 0 aromatic heterocycles. The van der Waals surface area contributed by atoms with Gasteiger partial charge >= 0.3 is 5.97 Å². The smallest absolute Gasteiger partial charge is 0.311 e. The first kappa shape index (κ1) is 25.3. The van der Waals surface area contributed by atoms with E-state index in [1.165, 1.54) is 0 Å². The van der Waals surface area contributed by atoms with Gasteiger partial charge in [0.05, 0.1) is 35.8 Å². The highest BCUT2D eigenvalue weighted by Crippen LogP contribution is 2.71. The van der Waals surface area contributed by atoms with E-state index in [-0.39, 0.29) is 43.0 Å². The van der Waals surface area contributed by atoms with Crippen molar-refractivity contribution in [1.29, 1.82) is 0 Å². The van der Waals surface area contributed by atoms with Crippen molar-refractivity contribution in [3.05, 3.63) is 0 Å². The number of nitrogens with zero attached hydrogens (tertiary/aromatic N) is 1. The van der Waals surface area contributed by atoms with Crippen LogP contribution in [0.5, 0.6) is 0 Å². The molecular formula is C24H40N2O5S. The van der Waals surface area contributed by atoms with Crippen molar-refractivity contribution < 1.29 is 24.2 Å². The lowest BCUT2D eigenvalue weighted by molar-refractivity contribution is -0.155. The zero-order valence-electron chi connectivity index (χ0n) is 20.3. The number of rotatable bonds is 10. The van der Waals surface area contributed by atoms with Crippen molar-refractivity contribution in [3.8, 4) is 0 Å². The predicted octanol–water partition coefficient (Wildman–Crippen LogP) is 2.74. The largest absolute Gasteiger partial charge is 0.466 e. The van der Waals surface area contributed by atoms with Gasteiger partial charge in [0.25, 0.3) is 0 Å². The highest BCUT2D eigenvalue weighted by atomic mass is 32.2. The molecule has 32 heavy (non-hydrogen) atoms. The molecule has 0 aliphatic carbocycles. The molecule has 0 aromatic rings. The number of amides is 2. The molecule has 0 radical (unpaired) electrons. The van der Waals surface area contributed by atoms with Crippen LogP contribution in [0.2, 0.25) is 0 Å². The number of ether oxygens (including phenoxy) is 1. The Hall–Kier alpha value is -1.28. The monoisotopic (exact) mass is 468 g/mol. The van der Waals surface area contributed by atoms with E-state index in [2.05, 4.69) is 12.2 Å². The topological polar surface area (TPSA) is 95.9 Å². The Kier molecular flexibility index (Phi) is 7.55. The van der Waals surface area contributed by atoms with E-state index in [0.29, 0.717) is 12.8 Å². The maximum absolute atomic E-state index is 14.0. The summed E-state index contributed by atoms with van der Waals surface area (Å²) < 4.78 is 4.32. The van der Waals surface area contributed by atoms with Crippen molar-refractivity contribution in [2.45, 2.75) is 101 Å². The van der Waals surface area contributed by atoms with E-state index in [1.807, 2.05) is 27.7 Å². The van der Waals surface area contributed by atoms with Gasteiger partial charge in [0.2, 0.25) is 11.8 Å². The van der Waals surface area contributed by atoms with Crippen molar-refractivity contribution >= 4 is 29.5 Å². The molecule has 2 amide bonds. The predicted molar refractivity (Wildman–Crippen MR) is 125 cm³/mol. The number of thioether (sulfide) groups is 1. The van der Waals surface area contributed by atoms with Crippen LogP contribution >= 0.6 is 11.8 Å². The van der Waals surface area contributed by atoms with Crippen LogP contribution in [0.15, 0.2) is 0 Å². The Morgan fingerprint density at radius 3 is 2.53 bits per heavy atom. The van der Waals surface area contributed by atoms with Crippen LogP contribution in [0.25, 0.3) is 0 Å². The van der Waals surface area contributed by atoms with Crippen molar-refractivity contribution in [1.82, 2.24) is 10.2 Å². The van der Waals surface area contributed by atoms with Crippen molar-refractivity contribution in [2.24, 2.45) is 17.8 Å². The second-order valence-corrected chi connectivity index (χ2v) is 12.3. The normalized spacial score (nSPS) is 35.2. The number of carbonyl (C=O) groups is 3. The Bertz CT molecular complexity index is 746. The fourth-order valence-electron chi connectivity index (χ4n) is 6.29. The molecule has 182 valence electrons. The molecule has 2 N–H and O–H groups in total. The zero-order valence-corrected chi connectivity index (χ0v) is 21.2. The van der Waals surface area contributed by atoms with Gasteiger partial charge in [0.15, 0.2) is 0 Å². The van der Waals surface area contributed by atoms with E-state index in [1.54, 1.807) is 23.6 Å². The summed E-state index contributed by atoms with van der Waals surface area (Å²) in [5, 5.41) is 13.4. The molecular weight excluding hydrogens is 428 g/mol. The number of aliphatic hydroxyl groups excluding tert-OH is 1. The average molecular weight is 469 g/mol. The van der Waals surface area contributed by atoms with E-state index in [0.717, 1.165) is 19.3 Å². The summed E-state index contributed by atoms with van der Waals surface area (Å²) in [6.07, 6.45) is 3.88. The molecule has 0 aromatic carbocycles. The standard InChI is InChI=1S/C24H40N2O5S/c1-7-9-15(5)25-20(28)19-24-11-10-23(6,32-24)18(22(30)31-8-2)17(24)21(29)26(19)16(13-27)12-14(3)4/h14-19,27H,7-13H2,1-6H3,(H,25,28)/t15?,16-,17+,18+,19?,23-,24?/m1/s1. The molecule has 3 heterocycles. The van der Waals surface area contributed by atoms with E-state index >= 15 is 0 Å². The third kappa shape index (κ3) is 4.06. The van der Waals surface area contributed by atoms with Gasteiger partial charge in [-0.25, -0.2) is 0 Å². The van der Waals surface area contributed by atoms with Gasteiger partial charge in [0, 0.05) is 10.8 Å². The summed E-state index contributed by atoms with van der Waals surface area (Å²) in [6.45, 7) is 12.0. The minimum Gasteiger partial charge on any atom is -0.466 e. The summed E-state index contributed by atoms with van der Waals surface area (Å²) in [5.74, 6) is -1.59. The number of aliphatic hydroxyl groups is 1. The van der Waals surface area contributed by atoms with E-state index in [9.17, 15) is 19.5 Å². The van der Waals surface area contributed by atoms with Crippen LogP contribution in [0.3, 0.4) is 0 Å². The average Bonchev–Trinajstić information content (AvgIpc) is 3.27. The van der Waals surface area contributed by atoms with Crippen molar-refractivity contribution in [3.63, 3.8) is 0 Å². The molecule has 7 atom stereocenters. The SMILES string of the molecule is CCCC(C)NC(=O)C1N([C@@H](CO)CC(C)C)C(=O)[C@@H]2[C@@H](C(=O)OCC)[C@@]3(C)CCC12S3. The van der Waals surface area contributed by atoms with E-state index < -0.39 is 33.4 Å². The second-order valence-electron chi connectivity index (χ2n) is 10.4. The third-order valence-corrected chi connectivity index (χ3v) is 9.45. The lowest BCUT2D eigenvalue weighted by Gasteiger charge is -2.38. The molecule has 3 unspecified atom stereocenters. The van der Waals surface area contributed by atoms with Gasteiger partial charge in [0.1, 0.15) is 6.04 Å². The Labute approximate surface area is 196 Å². The van der Waals surface area contributed by atoms with Gasteiger partial charge in [-0.3, -0.25) is 14.4 Å². The molecule has 1 spiro atoms. The summed E-state index contributed by atoms with van der Waals surface area (Å²) in [7, 11) is 0. The van der Waals surface area contributed by atoms with E-state index in [4.69, 9.17) is 4.74 Å². The maximum atomic E-state index is 14.0. The maximum Gasteiger partial charge on any atom is 0.311 e. The molecule has 2 bridgehead atoms. The minimum atomic E-state index is -0.693. The summed E-state index contributed by atoms with van der Waals surface area (Å²) >= 11 is 1.64. The van der Waals surface area contributed by atoms with Gasteiger partial charge in [-0.2, -0.15) is 0 Å². The lowest BCUT2D eigenvalue weighted by Crippen LogP contribution is -2.57. The van der Waals surface area contributed by atoms with Gasteiger partial charge in [-0.15, -0.1) is 11.8 Å². The summed E-state index contributed by atoms with van der Waals surface area (Å²) in [6, 6.07) is -1.14. The van der Waals surface area contributed by atoms with Crippen LogP contribution in [0, 0.1) is 17.8 Å². The quantitative estimate of drug-likeness (QED) is 0.479. The number of fused-ring (bicyclic) bond motifs is 1. The molecule has 3 fully saturated rings. The highest BCUT2D eigenvalue weighted by molar-refractivity contribution is 8.02. The number of nitrogens with one attached hydrogen (secondary N) is 1. The number of hydrogen-bond donors (Lipinski definition) is 2. The molecule has 3 rings (SSSR count). The fourth-order valence-corrected chi connectivity index (χ4v) is 8.63. The molecule has 3 aliphatic rings. The van der Waals surface area contributed by atoms with Gasteiger partial charge < -0.3 is 20.1 Å². The number of hydrogen-bond acceptors (Lipinski definition) is 6. The minimum absolute atomic E-state index is 0.00220. The van der Waals surface area contributed by atoms with Crippen LogP contribution in [0.4, 0.5) is 0 Å². The van der Waals surface area contributed by atoms with Gasteiger partial charge in [-0.05, 0) is 52.4 Å². The summed E-state index contributed by atoms with van der Waals surface area (Å²) in [5.41, 5.74) is 0. The van der Waals surface area contributed by atoms with Crippen LogP contribution in [-0.2, 0) is 19.1 Å². The van der Waals surface area contributed by atoms with Crippen molar-refractivity contribution in [2.75, 3.05) is 13.2 Å². The number of carbonyl (C=O) groups excluding carboxylic acids is 3. The Morgan fingerprint density at radius 1 is 1.28 bits per heavy atom. The second kappa shape index (κ2) is 9.53. The molecule has 0 saturated carbocycles. The lowest BCUT2D eigenvalue weighted by atomic mass is 9.66. The van der Waals surface area contributed by atoms with Crippen LogP contribution < -0.4 is 5.32 Å². The molecule has 8 heteroatoms. The Morgan fingerprint density at radius 2 is 1.97 bits per heavy atom. The molecule has 3 aliphatic heterocycles. The van der Waals surface area contributed by atoms with Gasteiger partial charge in [-0.1, -0.05) is 27.2 Å². The third-order valence-electron chi connectivity index (χ3n) is 7.46. The fraction of sp³-hybridized carbons (Fsp3) is 0.875. The zero-order chi connectivity index (χ0) is 23.8. The molecule has 3 saturated heterocycles. The Balaban J connectivity index is 2.05. The number of likely N-dealkylation sites (tertiary alicyclic amines) is 1. The summed E-state index contributed by atoms with van der Waals surface area (Å²) in [4.78, 5) is 42.3. The number of esters is 1. The highest BCUT2D eigenvalue weighted by Gasteiger charge is 2.78. The molecule has 7 nitrogen and oxygen atoms in total.